The van der Waals surface area contributed by atoms with E-state index in [9.17, 15) is 9.90 Å². The van der Waals surface area contributed by atoms with Crippen molar-refractivity contribution in [2.75, 3.05) is 12.4 Å². The highest BCUT2D eigenvalue weighted by molar-refractivity contribution is 6.32. The molecule has 1 aromatic heterocycles. The lowest BCUT2D eigenvalue weighted by Gasteiger charge is -2.11. The van der Waals surface area contributed by atoms with Crippen molar-refractivity contribution < 1.29 is 9.84 Å². The van der Waals surface area contributed by atoms with Crippen molar-refractivity contribution in [3.8, 4) is 17.2 Å². The Bertz CT molecular complexity index is 942. The lowest BCUT2D eigenvalue weighted by molar-refractivity contribution is 0.373. The smallest absolute Gasteiger partial charge is 0.292 e. The van der Waals surface area contributed by atoms with Gasteiger partial charge < -0.3 is 15.2 Å². The number of phenolic OH excluding ortho intramolecular Hbond substituents is 1. The second-order valence-electron chi connectivity index (χ2n) is 5.28. The fourth-order valence-corrected chi connectivity index (χ4v) is 2.55. The van der Waals surface area contributed by atoms with Gasteiger partial charge in [-0.1, -0.05) is 35.9 Å². The van der Waals surface area contributed by atoms with E-state index < -0.39 is 5.56 Å². The number of para-hydroxylation sites is 1. The number of aromatic hydroxyl groups is 1. The molecule has 0 aliphatic heterocycles. The summed E-state index contributed by atoms with van der Waals surface area (Å²) in [6.07, 6.45) is 1.50. The van der Waals surface area contributed by atoms with Crippen LogP contribution in [0.1, 0.15) is 5.56 Å². The van der Waals surface area contributed by atoms with Crippen LogP contribution in [0.4, 0.5) is 5.69 Å². The number of nitrogens with zero attached hydrogens (tertiary/aromatic N) is 2. The van der Waals surface area contributed by atoms with E-state index in [1.807, 2.05) is 18.2 Å². The second kappa shape index (κ2) is 7.27. The monoisotopic (exact) mass is 357 g/mol. The number of hydrogen-bond acceptors (Lipinski definition) is 5. The van der Waals surface area contributed by atoms with E-state index >= 15 is 0 Å². The number of benzene rings is 2. The summed E-state index contributed by atoms with van der Waals surface area (Å²) in [5.74, 6) is 0.444. The summed E-state index contributed by atoms with van der Waals surface area (Å²) in [7, 11) is 1.49. The molecule has 25 heavy (non-hydrogen) atoms. The van der Waals surface area contributed by atoms with Crippen LogP contribution in [0.25, 0.3) is 5.69 Å². The molecule has 2 aromatic carbocycles. The van der Waals surface area contributed by atoms with Crippen LogP contribution in [0, 0.1) is 0 Å². The minimum atomic E-state index is -0.407. The van der Waals surface area contributed by atoms with Gasteiger partial charge in [-0.3, -0.25) is 4.79 Å². The maximum absolute atomic E-state index is 12.4. The minimum Gasteiger partial charge on any atom is -0.504 e. The van der Waals surface area contributed by atoms with Gasteiger partial charge in [-0.15, -0.1) is 0 Å². The summed E-state index contributed by atoms with van der Waals surface area (Å²) >= 11 is 6.19. The maximum Gasteiger partial charge on any atom is 0.292 e. The van der Waals surface area contributed by atoms with Gasteiger partial charge in [-0.05, 0) is 29.8 Å². The van der Waals surface area contributed by atoms with E-state index in [0.29, 0.717) is 23.7 Å². The zero-order valence-corrected chi connectivity index (χ0v) is 14.2. The zero-order valence-electron chi connectivity index (χ0n) is 13.4. The molecule has 0 aliphatic carbocycles. The number of methoxy groups -OCH3 is 1. The van der Waals surface area contributed by atoms with Gasteiger partial charge in [0.25, 0.3) is 5.56 Å². The number of nitrogens with one attached hydrogen (secondary N) is 1. The number of phenols is 1. The van der Waals surface area contributed by atoms with Gasteiger partial charge >= 0.3 is 0 Å². The van der Waals surface area contributed by atoms with Crippen molar-refractivity contribution in [1.29, 1.82) is 0 Å². The number of aromatic nitrogens is 2. The Morgan fingerprint density at radius 1 is 1.24 bits per heavy atom. The van der Waals surface area contributed by atoms with E-state index in [1.165, 1.54) is 18.0 Å². The van der Waals surface area contributed by atoms with Gasteiger partial charge in [0.2, 0.25) is 0 Å². The molecule has 6 nitrogen and oxygen atoms in total. The number of halogens is 1. The van der Waals surface area contributed by atoms with Crippen LogP contribution in [0.2, 0.25) is 5.02 Å². The van der Waals surface area contributed by atoms with Crippen molar-refractivity contribution in [3.05, 3.63) is 75.7 Å². The molecule has 0 amide bonds. The second-order valence-corrected chi connectivity index (χ2v) is 5.66. The molecule has 0 aliphatic rings. The van der Waals surface area contributed by atoms with Crippen LogP contribution < -0.4 is 15.6 Å². The zero-order chi connectivity index (χ0) is 17.8. The summed E-state index contributed by atoms with van der Waals surface area (Å²) in [6, 6.07) is 14.1. The summed E-state index contributed by atoms with van der Waals surface area (Å²) in [5, 5.41) is 17.1. The highest BCUT2D eigenvalue weighted by Crippen LogP contribution is 2.27. The average molecular weight is 358 g/mol. The van der Waals surface area contributed by atoms with Crippen LogP contribution in [-0.4, -0.2) is 22.0 Å². The van der Waals surface area contributed by atoms with E-state index in [2.05, 4.69) is 10.4 Å². The quantitative estimate of drug-likeness (QED) is 0.733. The first-order valence-corrected chi connectivity index (χ1v) is 7.91. The molecule has 0 radical (unpaired) electrons. The molecule has 1 heterocycles. The molecule has 0 saturated carbocycles. The van der Waals surface area contributed by atoms with Crippen molar-refractivity contribution >= 4 is 17.3 Å². The molecule has 3 rings (SSSR count). The summed E-state index contributed by atoms with van der Waals surface area (Å²) in [4.78, 5) is 12.4. The Balaban J connectivity index is 1.81. The molecule has 7 heteroatoms. The van der Waals surface area contributed by atoms with Gasteiger partial charge in [0.05, 0.1) is 24.7 Å². The molecule has 3 aromatic rings. The standard InChI is InChI=1S/C18H16ClN3O3/c1-25-16-8-7-12(9-15(16)23)10-20-14-11-21-22(18(24)17(14)19)13-5-3-2-4-6-13/h2-9,11,20,23H,10H2,1H3. The third-order valence-electron chi connectivity index (χ3n) is 3.65. The minimum absolute atomic E-state index is 0.0468. The third kappa shape index (κ3) is 3.59. The highest BCUT2D eigenvalue weighted by atomic mass is 35.5. The SMILES string of the molecule is COc1ccc(CNc2cnn(-c3ccccc3)c(=O)c2Cl)cc1O. The van der Waals surface area contributed by atoms with Crippen LogP contribution >= 0.6 is 11.6 Å². The van der Waals surface area contributed by atoms with E-state index in [0.717, 1.165) is 5.56 Å². The molecule has 0 bridgehead atoms. The van der Waals surface area contributed by atoms with Crippen LogP contribution in [-0.2, 0) is 6.54 Å². The van der Waals surface area contributed by atoms with Crippen molar-refractivity contribution in [3.63, 3.8) is 0 Å². The van der Waals surface area contributed by atoms with Gasteiger partial charge in [-0.2, -0.15) is 9.78 Å². The van der Waals surface area contributed by atoms with Gasteiger partial charge in [0.15, 0.2) is 11.5 Å². The van der Waals surface area contributed by atoms with Crippen molar-refractivity contribution in [2.45, 2.75) is 6.54 Å². The molecular formula is C18H16ClN3O3. The Morgan fingerprint density at radius 2 is 2.00 bits per heavy atom. The van der Waals surface area contributed by atoms with Crippen molar-refractivity contribution in [2.24, 2.45) is 0 Å². The largest absolute Gasteiger partial charge is 0.504 e. The van der Waals surface area contributed by atoms with Crippen LogP contribution in [0.3, 0.4) is 0 Å². The fraction of sp³-hybridized carbons (Fsp3) is 0.111. The topological polar surface area (TPSA) is 76.4 Å². The molecule has 0 fully saturated rings. The molecular weight excluding hydrogens is 342 g/mol. The first kappa shape index (κ1) is 16.9. The molecule has 0 atom stereocenters. The predicted octanol–water partition coefficient (Wildman–Crippen LogP) is 3.21. The van der Waals surface area contributed by atoms with E-state index in [1.54, 1.807) is 30.3 Å². The number of anilines is 1. The normalized spacial score (nSPS) is 10.5. The molecule has 0 unspecified atom stereocenters. The highest BCUT2D eigenvalue weighted by Gasteiger charge is 2.11. The molecule has 128 valence electrons. The molecule has 0 spiro atoms. The number of hydrogen-bond donors (Lipinski definition) is 2. The third-order valence-corrected chi connectivity index (χ3v) is 4.01. The Hall–Kier alpha value is -2.99. The maximum atomic E-state index is 12.4. The van der Waals surface area contributed by atoms with Crippen LogP contribution in [0.15, 0.2) is 59.5 Å². The van der Waals surface area contributed by atoms with Gasteiger partial charge in [0.1, 0.15) is 5.02 Å². The molecule has 2 N–H and O–H groups in total. The predicted molar refractivity (Wildman–Crippen MR) is 96.8 cm³/mol. The summed E-state index contributed by atoms with van der Waals surface area (Å²) in [6.45, 7) is 0.369. The molecule has 0 saturated heterocycles. The van der Waals surface area contributed by atoms with Crippen LogP contribution in [0.5, 0.6) is 11.5 Å². The lowest BCUT2D eigenvalue weighted by atomic mass is 10.2. The summed E-state index contributed by atoms with van der Waals surface area (Å²) < 4.78 is 6.25. The Kier molecular flexibility index (Phi) is 4.90. The van der Waals surface area contributed by atoms with Crippen molar-refractivity contribution in [1.82, 2.24) is 9.78 Å². The average Bonchev–Trinajstić information content (AvgIpc) is 2.64. The lowest BCUT2D eigenvalue weighted by Crippen LogP contribution is -2.22. The van der Waals surface area contributed by atoms with Gasteiger partial charge in [0, 0.05) is 6.54 Å². The number of ether oxygens (including phenoxy) is 1. The number of rotatable bonds is 5. The Labute approximate surface area is 149 Å². The van der Waals surface area contributed by atoms with E-state index in [4.69, 9.17) is 16.3 Å². The summed E-state index contributed by atoms with van der Waals surface area (Å²) in [5.41, 5.74) is 1.47. The Morgan fingerprint density at radius 3 is 2.68 bits per heavy atom. The first-order valence-electron chi connectivity index (χ1n) is 7.53. The fourth-order valence-electron chi connectivity index (χ4n) is 2.35. The van der Waals surface area contributed by atoms with Gasteiger partial charge in [-0.25, -0.2) is 0 Å². The first-order chi connectivity index (χ1) is 12.1. The van der Waals surface area contributed by atoms with E-state index in [-0.39, 0.29) is 10.8 Å².